The zero-order valence-corrected chi connectivity index (χ0v) is 6.71. The van der Waals surface area contributed by atoms with E-state index in [-0.39, 0.29) is 5.66 Å². The van der Waals surface area contributed by atoms with Crippen LogP contribution in [0.5, 0.6) is 0 Å². The maximum absolute atomic E-state index is 5.13. The molecule has 0 atom stereocenters. The Balaban J connectivity index is 2.15. The third-order valence-corrected chi connectivity index (χ3v) is 1.76. The van der Waals surface area contributed by atoms with Crippen LogP contribution in [0.1, 0.15) is 19.3 Å². The molecular weight excluding hydrogens is 140 g/mol. The van der Waals surface area contributed by atoms with Gasteiger partial charge in [-0.3, -0.25) is 0 Å². The van der Waals surface area contributed by atoms with E-state index in [0.29, 0.717) is 6.61 Å². The molecule has 0 saturated heterocycles. The molecule has 0 aromatic carbocycles. The van der Waals surface area contributed by atoms with E-state index < -0.39 is 0 Å². The van der Waals surface area contributed by atoms with Gasteiger partial charge in [-0.2, -0.15) is 10.2 Å². The summed E-state index contributed by atoms with van der Waals surface area (Å²) >= 11 is 0. The summed E-state index contributed by atoms with van der Waals surface area (Å²) in [4.78, 5) is 0. The minimum atomic E-state index is -0.164. The first-order chi connectivity index (χ1) is 5.33. The largest absolute Gasteiger partial charge is 0.385 e. The molecule has 1 heterocycles. The van der Waals surface area contributed by atoms with Gasteiger partial charge < -0.3 is 4.74 Å². The molecule has 3 nitrogen and oxygen atoms in total. The van der Waals surface area contributed by atoms with Crippen molar-refractivity contribution in [3.8, 4) is 12.3 Å². The van der Waals surface area contributed by atoms with Crippen molar-refractivity contribution in [2.75, 3.05) is 13.7 Å². The first-order valence-corrected chi connectivity index (χ1v) is 3.69. The van der Waals surface area contributed by atoms with Gasteiger partial charge in [0.25, 0.3) is 0 Å². The fourth-order valence-corrected chi connectivity index (χ4v) is 0.934. The molecule has 0 aromatic rings. The summed E-state index contributed by atoms with van der Waals surface area (Å²) in [5.74, 6) is 2.58. The Labute approximate surface area is 66.8 Å². The van der Waals surface area contributed by atoms with Crippen LogP contribution in [0.25, 0.3) is 0 Å². The normalized spacial score (nSPS) is 17.8. The third-order valence-electron chi connectivity index (χ3n) is 1.76. The molecule has 0 unspecified atom stereocenters. The predicted octanol–water partition coefficient (Wildman–Crippen LogP) is 1.60. The van der Waals surface area contributed by atoms with E-state index in [0.717, 1.165) is 19.3 Å². The van der Waals surface area contributed by atoms with Crippen molar-refractivity contribution in [2.45, 2.75) is 24.9 Å². The zero-order chi connectivity index (χ0) is 8.16. The molecule has 3 heteroatoms. The number of nitrogens with zero attached hydrogens (tertiary/aromatic N) is 2. The summed E-state index contributed by atoms with van der Waals surface area (Å²) in [6.07, 6.45) is 7.61. The highest BCUT2D eigenvalue weighted by molar-refractivity contribution is 4.97. The van der Waals surface area contributed by atoms with Gasteiger partial charge in [0.1, 0.15) is 0 Å². The number of methoxy groups -OCH3 is 1. The molecule has 0 N–H and O–H groups in total. The summed E-state index contributed by atoms with van der Waals surface area (Å²) in [6.45, 7) is 0.706. The van der Waals surface area contributed by atoms with E-state index in [1.807, 2.05) is 0 Å². The molecule has 1 aliphatic heterocycles. The maximum Gasteiger partial charge on any atom is 0.194 e. The van der Waals surface area contributed by atoms with Gasteiger partial charge in [-0.15, -0.1) is 12.3 Å². The van der Waals surface area contributed by atoms with Crippen molar-refractivity contribution in [3.05, 3.63) is 0 Å². The van der Waals surface area contributed by atoms with Crippen molar-refractivity contribution < 1.29 is 4.74 Å². The minimum absolute atomic E-state index is 0.164. The first-order valence-electron chi connectivity index (χ1n) is 3.69. The summed E-state index contributed by atoms with van der Waals surface area (Å²) in [5.41, 5.74) is -0.164. The van der Waals surface area contributed by atoms with Gasteiger partial charge in [-0.1, -0.05) is 0 Å². The molecule has 0 aromatic heterocycles. The molecule has 0 amide bonds. The van der Waals surface area contributed by atoms with E-state index in [1.54, 1.807) is 7.11 Å². The molecule has 0 bridgehead atoms. The van der Waals surface area contributed by atoms with Crippen molar-refractivity contribution in [3.63, 3.8) is 0 Å². The molecule has 0 spiro atoms. The molecule has 60 valence electrons. The van der Waals surface area contributed by atoms with Crippen molar-refractivity contribution in [1.29, 1.82) is 0 Å². The Morgan fingerprint density at radius 2 is 2.18 bits per heavy atom. The summed E-state index contributed by atoms with van der Waals surface area (Å²) in [7, 11) is 1.68. The van der Waals surface area contributed by atoms with Crippen LogP contribution < -0.4 is 0 Å². The van der Waals surface area contributed by atoms with Crippen LogP contribution in [0, 0.1) is 12.3 Å². The molecule has 0 radical (unpaired) electrons. The number of rotatable bonds is 5. The van der Waals surface area contributed by atoms with Crippen molar-refractivity contribution in [2.24, 2.45) is 10.2 Å². The molecule has 1 rings (SSSR count). The van der Waals surface area contributed by atoms with Gasteiger partial charge in [0, 0.05) is 26.4 Å². The lowest BCUT2D eigenvalue weighted by Gasteiger charge is -2.06. The predicted molar refractivity (Wildman–Crippen MR) is 42.1 cm³/mol. The molecule has 11 heavy (non-hydrogen) atoms. The van der Waals surface area contributed by atoms with E-state index in [1.165, 1.54) is 0 Å². The molecule has 0 aliphatic carbocycles. The van der Waals surface area contributed by atoms with E-state index in [4.69, 9.17) is 11.2 Å². The topological polar surface area (TPSA) is 34.0 Å². The van der Waals surface area contributed by atoms with Gasteiger partial charge in [-0.05, 0) is 0 Å². The van der Waals surface area contributed by atoms with Crippen molar-refractivity contribution >= 4 is 0 Å². The summed E-state index contributed by atoms with van der Waals surface area (Å²) < 4.78 is 4.93. The lowest BCUT2D eigenvalue weighted by molar-refractivity contribution is 0.181. The van der Waals surface area contributed by atoms with Crippen LogP contribution in [-0.4, -0.2) is 19.4 Å². The second kappa shape index (κ2) is 3.49. The Bertz CT molecular complexity index is 187. The minimum Gasteiger partial charge on any atom is -0.385 e. The molecule has 0 fully saturated rings. The average Bonchev–Trinajstić information content (AvgIpc) is 2.79. The standard InChI is InChI=1S/C8H12N2O/c1-3-4-5-8(9-10-8)6-7-11-2/h1H,4-7H2,2H3. The smallest absolute Gasteiger partial charge is 0.194 e. The Morgan fingerprint density at radius 1 is 1.45 bits per heavy atom. The van der Waals surface area contributed by atoms with Crippen LogP contribution in [0.15, 0.2) is 10.2 Å². The number of ether oxygens (including phenoxy) is 1. The highest BCUT2D eigenvalue weighted by Gasteiger charge is 2.38. The Morgan fingerprint density at radius 3 is 2.64 bits per heavy atom. The fraction of sp³-hybridized carbons (Fsp3) is 0.750. The highest BCUT2D eigenvalue weighted by Crippen LogP contribution is 2.36. The Hall–Kier alpha value is -0.880. The zero-order valence-electron chi connectivity index (χ0n) is 6.71. The van der Waals surface area contributed by atoms with Gasteiger partial charge in [0.05, 0.1) is 6.61 Å². The van der Waals surface area contributed by atoms with Gasteiger partial charge in [0.2, 0.25) is 0 Å². The monoisotopic (exact) mass is 152 g/mol. The van der Waals surface area contributed by atoms with E-state index in [9.17, 15) is 0 Å². The second-order valence-electron chi connectivity index (χ2n) is 2.63. The van der Waals surface area contributed by atoms with Gasteiger partial charge >= 0.3 is 0 Å². The van der Waals surface area contributed by atoms with Crippen LogP contribution in [0.3, 0.4) is 0 Å². The molecule has 1 aliphatic rings. The SMILES string of the molecule is C#CCCC1(CCOC)N=N1. The number of terminal acetylenes is 1. The maximum atomic E-state index is 5.13. The first kappa shape index (κ1) is 8.22. The Kier molecular flexibility index (Phi) is 2.61. The van der Waals surface area contributed by atoms with Crippen LogP contribution in [0.2, 0.25) is 0 Å². The second-order valence-corrected chi connectivity index (χ2v) is 2.63. The van der Waals surface area contributed by atoms with Crippen LogP contribution >= 0.6 is 0 Å². The van der Waals surface area contributed by atoms with Gasteiger partial charge in [0.15, 0.2) is 5.66 Å². The van der Waals surface area contributed by atoms with Crippen LogP contribution in [-0.2, 0) is 4.74 Å². The quantitative estimate of drug-likeness (QED) is 0.551. The van der Waals surface area contributed by atoms with Crippen LogP contribution in [0.4, 0.5) is 0 Å². The number of hydrogen-bond acceptors (Lipinski definition) is 3. The van der Waals surface area contributed by atoms with Crippen molar-refractivity contribution in [1.82, 2.24) is 0 Å². The van der Waals surface area contributed by atoms with Gasteiger partial charge in [-0.25, -0.2) is 0 Å². The fourth-order valence-electron chi connectivity index (χ4n) is 0.934. The highest BCUT2D eigenvalue weighted by atomic mass is 16.5. The van der Waals surface area contributed by atoms with E-state index in [2.05, 4.69) is 16.1 Å². The number of hydrogen-bond donors (Lipinski definition) is 0. The summed E-state index contributed by atoms with van der Waals surface area (Å²) in [6, 6.07) is 0. The lowest BCUT2D eigenvalue weighted by atomic mass is 10.1. The molecular formula is C8H12N2O. The van der Waals surface area contributed by atoms with E-state index >= 15 is 0 Å². The lowest BCUT2D eigenvalue weighted by Crippen LogP contribution is -2.13. The average molecular weight is 152 g/mol. The summed E-state index contributed by atoms with van der Waals surface area (Å²) in [5, 5.41) is 7.92. The molecule has 0 saturated carbocycles. The third kappa shape index (κ3) is 2.32.